The average molecular weight is 531 g/mol. The maximum atomic E-state index is 14.1. The Kier molecular flexibility index (Phi) is 9.08. The molecule has 1 aliphatic rings. The molecule has 36 heavy (non-hydrogen) atoms. The predicted molar refractivity (Wildman–Crippen MR) is 140 cm³/mol. The van der Waals surface area contributed by atoms with Gasteiger partial charge < -0.3 is 19.3 Å². The van der Waals surface area contributed by atoms with Gasteiger partial charge in [0.15, 0.2) is 0 Å². The Labute approximate surface area is 219 Å². The van der Waals surface area contributed by atoms with Crippen LogP contribution in [0.15, 0.2) is 60.7 Å². The molecule has 1 aliphatic heterocycles. The van der Waals surface area contributed by atoms with Crippen molar-refractivity contribution in [2.24, 2.45) is 0 Å². The van der Waals surface area contributed by atoms with E-state index in [1.165, 1.54) is 14.1 Å². The Morgan fingerprint density at radius 1 is 0.694 bits per heavy atom. The highest BCUT2D eigenvalue weighted by atomic mass is 32.2. The van der Waals surface area contributed by atoms with E-state index < -0.39 is 33.5 Å². The molecule has 0 N–H and O–H groups in total. The van der Waals surface area contributed by atoms with Crippen LogP contribution in [0.3, 0.4) is 0 Å². The topological polar surface area (TPSA) is 93.2 Å². The largest absolute Gasteiger partial charge is 0.463 e. The highest BCUT2D eigenvalue weighted by molar-refractivity contribution is 8.02. The molecule has 0 spiro atoms. The van der Waals surface area contributed by atoms with Gasteiger partial charge in [-0.2, -0.15) is 0 Å². The summed E-state index contributed by atoms with van der Waals surface area (Å²) in [5, 5.41) is 0. The first-order valence-corrected chi connectivity index (χ1v) is 13.5. The number of amides is 2. The van der Waals surface area contributed by atoms with Crippen molar-refractivity contribution in [2.75, 3.05) is 27.3 Å². The number of nitrogens with zero attached hydrogens (tertiary/aromatic N) is 2. The van der Waals surface area contributed by atoms with E-state index in [2.05, 4.69) is 0 Å². The fraction of sp³-hybridized carbons (Fsp3) is 0.385. The number of thioether (sulfide) groups is 2. The minimum atomic E-state index is -2.00. The smallest absolute Gasteiger partial charge is 0.352 e. The first kappa shape index (κ1) is 27.6. The van der Waals surface area contributed by atoms with Crippen molar-refractivity contribution in [2.45, 2.75) is 35.1 Å². The van der Waals surface area contributed by atoms with Gasteiger partial charge in [-0.1, -0.05) is 60.7 Å². The van der Waals surface area contributed by atoms with Crippen molar-refractivity contribution in [3.8, 4) is 0 Å². The van der Waals surface area contributed by atoms with Crippen molar-refractivity contribution in [3.05, 3.63) is 71.8 Å². The van der Waals surface area contributed by atoms with Crippen LogP contribution in [0.25, 0.3) is 0 Å². The lowest BCUT2D eigenvalue weighted by atomic mass is 10.0. The van der Waals surface area contributed by atoms with E-state index in [9.17, 15) is 19.2 Å². The second-order valence-corrected chi connectivity index (χ2v) is 10.3. The number of hydrogen-bond donors (Lipinski definition) is 0. The number of carbonyl (C=O) groups excluding carboxylic acids is 4. The summed E-state index contributed by atoms with van der Waals surface area (Å²) in [7, 11) is 2.72. The fourth-order valence-electron chi connectivity index (χ4n) is 3.89. The van der Waals surface area contributed by atoms with Crippen LogP contribution in [-0.2, 0) is 40.2 Å². The Morgan fingerprint density at radius 3 is 1.33 bits per heavy atom. The molecule has 10 heteroatoms. The molecule has 0 bridgehead atoms. The van der Waals surface area contributed by atoms with Crippen molar-refractivity contribution in [1.82, 2.24) is 9.80 Å². The van der Waals surface area contributed by atoms with Gasteiger partial charge in [-0.05, 0) is 25.0 Å². The van der Waals surface area contributed by atoms with Crippen molar-refractivity contribution in [3.63, 3.8) is 0 Å². The summed E-state index contributed by atoms with van der Waals surface area (Å²) in [6, 6.07) is 18.6. The number of carbonyl (C=O) groups is 4. The van der Waals surface area contributed by atoms with Gasteiger partial charge in [0.25, 0.3) is 21.6 Å². The number of piperazine rings is 1. The molecule has 0 saturated carbocycles. The normalized spacial score (nSPS) is 21.9. The van der Waals surface area contributed by atoms with Crippen LogP contribution in [-0.4, -0.2) is 70.6 Å². The van der Waals surface area contributed by atoms with Crippen LogP contribution < -0.4 is 0 Å². The molecule has 2 atom stereocenters. The van der Waals surface area contributed by atoms with Gasteiger partial charge in [-0.25, -0.2) is 9.59 Å². The Bertz CT molecular complexity index is 1010. The van der Waals surface area contributed by atoms with Crippen LogP contribution in [0, 0.1) is 0 Å². The third kappa shape index (κ3) is 4.97. The molecule has 1 heterocycles. The molecule has 0 aliphatic carbocycles. The van der Waals surface area contributed by atoms with E-state index >= 15 is 0 Å². The maximum absolute atomic E-state index is 14.1. The molecule has 1 saturated heterocycles. The van der Waals surface area contributed by atoms with E-state index in [0.717, 1.165) is 44.5 Å². The average Bonchev–Trinajstić information content (AvgIpc) is 2.89. The standard InChI is InChI=1S/C26H30N2O6S2/c1-5-33-23(31)25(35-17-19-13-9-7-10-14-19)21(29)28(4)26(22(30)27(25)3,24(32)34-6-2)36-18-20-15-11-8-12-16-20/h7-16H,5-6,17-18H2,1-4H3/t25-,26+. The number of rotatable bonds is 10. The fourth-order valence-corrected chi connectivity index (χ4v) is 6.46. The second-order valence-electron chi connectivity index (χ2n) is 8.01. The van der Waals surface area contributed by atoms with Gasteiger partial charge in [0, 0.05) is 25.6 Å². The van der Waals surface area contributed by atoms with Gasteiger partial charge in [0.1, 0.15) is 0 Å². The van der Waals surface area contributed by atoms with E-state index in [4.69, 9.17) is 9.47 Å². The predicted octanol–water partition coefficient (Wildman–Crippen LogP) is 3.30. The number of benzene rings is 2. The van der Waals surface area contributed by atoms with Gasteiger partial charge in [-0.3, -0.25) is 9.59 Å². The number of esters is 2. The molecule has 0 unspecified atom stereocenters. The minimum absolute atomic E-state index is 0.0251. The summed E-state index contributed by atoms with van der Waals surface area (Å²) in [6.07, 6.45) is 0. The molecule has 3 rings (SSSR count). The summed E-state index contributed by atoms with van der Waals surface area (Å²) in [5.74, 6) is -2.63. The van der Waals surface area contributed by atoms with Crippen LogP contribution in [0.2, 0.25) is 0 Å². The maximum Gasteiger partial charge on any atom is 0.352 e. The van der Waals surface area contributed by atoms with Gasteiger partial charge in [0.05, 0.1) is 13.2 Å². The molecule has 0 aromatic heterocycles. The molecule has 2 aromatic rings. The molecule has 0 radical (unpaired) electrons. The molecule has 192 valence electrons. The Morgan fingerprint density at radius 2 is 1.03 bits per heavy atom. The quantitative estimate of drug-likeness (QED) is 0.341. The van der Waals surface area contributed by atoms with Crippen LogP contribution in [0.1, 0.15) is 25.0 Å². The summed E-state index contributed by atoms with van der Waals surface area (Å²) < 4.78 is 10.6. The highest BCUT2D eigenvalue weighted by Crippen LogP contribution is 2.46. The molecular weight excluding hydrogens is 500 g/mol. The van der Waals surface area contributed by atoms with Crippen LogP contribution in [0.5, 0.6) is 0 Å². The number of ether oxygens (including phenoxy) is 2. The SMILES string of the molecule is CCOC(=O)[C@@]1(SCc2ccccc2)C(=O)N(C)[C@](SCc2ccccc2)(C(=O)OCC)C(=O)N1C. The molecule has 2 aromatic carbocycles. The lowest BCUT2D eigenvalue weighted by Gasteiger charge is -2.51. The summed E-state index contributed by atoms with van der Waals surface area (Å²) in [6.45, 7) is 3.31. The highest BCUT2D eigenvalue weighted by Gasteiger charge is 2.69. The molecule has 8 nitrogen and oxygen atoms in total. The molecule has 2 amide bonds. The van der Waals surface area contributed by atoms with Crippen LogP contribution in [0.4, 0.5) is 0 Å². The zero-order valence-corrected chi connectivity index (χ0v) is 22.4. The summed E-state index contributed by atoms with van der Waals surface area (Å²) in [5.41, 5.74) is 1.73. The Hall–Kier alpha value is -2.98. The summed E-state index contributed by atoms with van der Waals surface area (Å²) >= 11 is 1.98. The number of likely N-dealkylation sites (N-methyl/N-ethyl adjacent to an activating group) is 2. The monoisotopic (exact) mass is 530 g/mol. The lowest BCUT2D eigenvalue weighted by Crippen LogP contribution is -2.77. The minimum Gasteiger partial charge on any atom is -0.463 e. The van der Waals surface area contributed by atoms with Crippen molar-refractivity contribution in [1.29, 1.82) is 0 Å². The third-order valence-corrected chi connectivity index (χ3v) is 8.84. The third-order valence-electron chi connectivity index (χ3n) is 5.82. The first-order chi connectivity index (χ1) is 17.3. The molecular formula is C26H30N2O6S2. The lowest BCUT2D eigenvalue weighted by molar-refractivity contribution is -0.181. The van der Waals surface area contributed by atoms with Gasteiger partial charge in [0.2, 0.25) is 0 Å². The van der Waals surface area contributed by atoms with E-state index in [1.54, 1.807) is 13.8 Å². The second kappa shape index (κ2) is 11.8. The van der Waals surface area contributed by atoms with Crippen molar-refractivity contribution >= 4 is 47.3 Å². The van der Waals surface area contributed by atoms with Gasteiger partial charge in [-0.15, -0.1) is 23.5 Å². The summed E-state index contributed by atoms with van der Waals surface area (Å²) in [4.78, 5) is 52.9. The Balaban J connectivity index is 2.06. The van der Waals surface area contributed by atoms with E-state index in [-0.39, 0.29) is 24.7 Å². The van der Waals surface area contributed by atoms with E-state index in [0.29, 0.717) is 0 Å². The van der Waals surface area contributed by atoms with Crippen molar-refractivity contribution < 1.29 is 28.7 Å². The number of hydrogen-bond acceptors (Lipinski definition) is 8. The van der Waals surface area contributed by atoms with E-state index in [1.807, 2.05) is 60.7 Å². The molecule has 1 fully saturated rings. The zero-order chi connectivity index (χ0) is 26.3. The van der Waals surface area contributed by atoms with Gasteiger partial charge >= 0.3 is 11.9 Å². The first-order valence-electron chi connectivity index (χ1n) is 11.5. The van der Waals surface area contributed by atoms with Crippen LogP contribution >= 0.6 is 23.5 Å². The zero-order valence-electron chi connectivity index (χ0n) is 20.8.